The zero-order chi connectivity index (χ0) is 17.4. The zero-order valence-corrected chi connectivity index (χ0v) is 17.8. The molecule has 146 valence electrons. The molecule has 26 heavy (non-hydrogen) atoms. The third kappa shape index (κ3) is 7.16. The van der Waals surface area contributed by atoms with Crippen molar-refractivity contribution < 1.29 is 4.79 Å². The largest absolute Gasteiger partial charge is 0.399 e. The molecule has 7 heteroatoms. The van der Waals surface area contributed by atoms with Crippen LogP contribution in [0.5, 0.6) is 0 Å². The quantitative estimate of drug-likeness (QED) is 0.597. The van der Waals surface area contributed by atoms with Crippen molar-refractivity contribution in [3.63, 3.8) is 0 Å². The number of nitrogens with one attached hydrogen (secondary N) is 1. The number of hydrogen-bond acceptors (Lipinski definition) is 4. The van der Waals surface area contributed by atoms with Gasteiger partial charge >= 0.3 is 0 Å². The molecule has 0 saturated heterocycles. The Kier molecular flexibility index (Phi) is 12.3. The van der Waals surface area contributed by atoms with Crippen LogP contribution in [0.25, 0.3) is 0 Å². The van der Waals surface area contributed by atoms with E-state index in [1.807, 2.05) is 24.3 Å². The van der Waals surface area contributed by atoms with E-state index in [9.17, 15) is 4.79 Å². The standard InChI is InChI=1S/C19H27N3OS.2ClH/c1-3-22(4-2)18(16-11-12-24-14-16)13-21-19(23)10-9-15-7-5-6-8-17(15)20;;/h5-8,11-12,14,18H,3-4,9-10,13,20H2,1-2H3,(H,21,23);2*1H. The summed E-state index contributed by atoms with van der Waals surface area (Å²) in [4.78, 5) is 14.6. The summed E-state index contributed by atoms with van der Waals surface area (Å²) >= 11 is 1.70. The number of nitrogens with two attached hydrogens (primary N) is 1. The number of rotatable bonds is 9. The average Bonchev–Trinajstić information content (AvgIpc) is 3.12. The number of benzene rings is 1. The number of halogens is 2. The van der Waals surface area contributed by atoms with Gasteiger partial charge in [0.25, 0.3) is 0 Å². The Labute approximate surface area is 173 Å². The second-order valence-electron chi connectivity index (χ2n) is 5.80. The van der Waals surface area contributed by atoms with Crippen LogP contribution in [-0.4, -0.2) is 30.4 Å². The van der Waals surface area contributed by atoms with Crippen molar-refractivity contribution in [2.24, 2.45) is 0 Å². The van der Waals surface area contributed by atoms with Gasteiger partial charge in [0.1, 0.15) is 0 Å². The minimum absolute atomic E-state index is 0. The lowest BCUT2D eigenvalue weighted by atomic mass is 10.1. The molecule has 0 bridgehead atoms. The highest BCUT2D eigenvalue weighted by atomic mass is 35.5. The Morgan fingerprint density at radius 1 is 1.19 bits per heavy atom. The lowest BCUT2D eigenvalue weighted by Crippen LogP contribution is -2.38. The van der Waals surface area contributed by atoms with Crippen molar-refractivity contribution in [3.05, 3.63) is 52.2 Å². The van der Waals surface area contributed by atoms with Crippen molar-refractivity contribution in [1.82, 2.24) is 10.2 Å². The fraction of sp³-hybridized carbons (Fsp3) is 0.421. The van der Waals surface area contributed by atoms with E-state index in [2.05, 4.69) is 40.9 Å². The highest BCUT2D eigenvalue weighted by Crippen LogP contribution is 2.22. The SMILES string of the molecule is CCN(CC)C(CNC(=O)CCc1ccccc1N)c1ccsc1.Cl.Cl. The molecule has 1 heterocycles. The number of amides is 1. The van der Waals surface area contributed by atoms with Crippen LogP contribution >= 0.6 is 36.2 Å². The zero-order valence-electron chi connectivity index (χ0n) is 15.3. The van der Waals surface area contributed by atoms with Crippen molar-refractivity contribution >= 4 is 47.7 Å². The molecule has 0 aliphatic heterocycles. The maximum atomic E-state index is 12.2. The monoisotopic (exact) mass is 417 g/mol. The molecule has 0 saturated carbocycles. The first kappa shape index (κ1) is 24.7. The predicted molar refractivity (Wildman–Crippen MR) is 117 cm³/mol. The summed E-state index contributed by atoms with van der Waals surface area (Å²) in [6.07, 6.45) is 1.13. The van der Waals surface area contributed by atoms with E-state index in [0.717, 1.165) is 24.3 Å². The van der Waals surface area contributed by atoms with Gasteiger partial charge in [-0.3, -0.25) is 9.69 Å². The van der Waals surface area contributed by atoms with Crippen LogP contribution < -0.4 is 11.1 Å². The molecule has 1 amide bonds. The van der Waals surface area contributed by atoms with E-state index < -0.39 is 0 Å². The molecule has 0 fully saturated rings. The van der Waals surface area contributed by atoms with Gasteiger partial charge in [0.2, 0.25) is 5.91 Å². The van der Waals surface area contributed by atoms with E-state index >= 15 is 0 Å². The lowest BCUT2D eigenvalue weighted by Gasteiger charge is -2.29. The molecule has 1 unspecified atom stereocenters. The lowest BCUT2D eigenvalue weighted by molar-refractivity contribution is -0.121. The summed E-state index contributed by atoms with van der Waals surface area (Å²) < 4.78 is 0. The molecule has 2 aromatic rings. The van der Waals surface area contributed by atoms with E-state index in [0.29, 0.717) is 19.4 Å². The third-order valence-corrected chi connectivity index (χ3v) is 5.05. The summed E-state index contributed by atoms with van der Waals surface area (Å²) in [5.41, 5.74) is 8.99. The average molecular weight is 418 g/mol. The predicted octanol–water partition coefficient (Wildman–Crippen LogP) is 4.31. The highest BCUT2D eigenvalue weighted by Gasteiger charge is 2.19. The summed E-state index contributed by atoms with van der Waals surface area (Å²) in [6.45, 7) is 6.88. The highest BCUT2D eigenvalue weighted by molar-refractivity contribution is 7.07. The molecule has 0 radical (unpaired) electrons. The normalized spacial score (nSPS) is 11.3. The summed E-state index contributed by atoms with van der Waals surface area (Å²) in [7, 11) is 0. The van der Waals surface area contributed by atoms with Crippen molar-refractivity contribution in [2.75, 3.05) is 25.4 Å². The smallest absolute Gasteiger partial charge is 0.220 e. The molecule has 1 atom stereocenters. The molecule has 4 nitrogen and oxygen atoms in total. The minimum atomic E-state index is 0. The number of aryl methyl sites for hydroxylation is 1. The van der Waals surface area contributed by atoms with Gasteiger partial charge in [-0.25, -0.2) is 0 Å². The minimum Gasteiger partial charge on any atom is -0.399 e. The first-order valence-corrected chi connectivity index (χ1v) is 9.46. The number of carbonyl (C=O) groups excluding carboxylic acids is 1. The molecular formula is C19H29Cl2N3OS. The number of carbonyl (C=O) groups is 1. The maximum absolute atomic E-state index is 12.2. The number of nitrogens with zero attached hydrogens (tertiary/aromatic N) is 1. The Morgan fingerprint density at radius 2 is 1.88 bits per heavy atom. The van der Waals surface area contributed by atoms with Gasteiger partial charge in [-0.1, -0.05) is 32.0 Å². The van der Waals surface area contributed by atoms with E-state index in [-0.39, 0.29) is 36.8 Å². The number of nitrogen functional groups attached to an aromatic ring is 1. The van der Waals surface area contributed by atoms with Gasteiger partial charge in [-0.05, 0) is 53.5 Å². The van der Waals surface area contributed by atoms with E-state index in [4.69, 9.17) is 5.73 Å². The van der Waals surface area contributed by atoms with Crippen molar-refractivity contribution in [2.45, 2.75) is 32.7 Å². The van der Waals surface area contributed by atoms with Gasteiger partial charge < -0.3 is 11.1 Å². The number of likely N-dealkylation sites (N-methyl/N-ethyl adjacent to an activating group) is 1. The molecule has 1 aromatic carbocycles. The first-order valence-electron chi connectivity index (χ1n) is 8.51. The van der Waals surface area contributed by atoms with Crippen molar-refractivity contribution in [1.29, 1.82) is 0 Å². The van der Waals surface area contributed by atoms with Crippen LogP contribution in [0.1, 0.15) is 37.4 Å². The van der Waals surface area contributed by atoms with Crippen LogP contribution in [0.3, 0.4) is 0 Å². The van der Waals surface area contributed by atoms with Crippen LogP contribution in [0.15, 0.2) is 41.1 Å². The number of para-hydroxylation sites is 1. The van der Waals surface area contributed by atoms with Crippen molar-refractivity contribution in [3.8, 4) is 0 Å². The molecule has 0 aliphatic rings. The molecule has 0 aliphatic carbocycles. The fourth-order valence-corrected chi connectivity index (χ4v) is 3.60. The van der Waals surface area contributed by atoms with Crippen LogP contribution in [-0.2, 0) is 11.2 Å². The second-order valence-corrected chi connectivity index (χ2v) is 6.58. The number of hydrogen-bond donors (Lipinski definition) is 2. The van der Waals surface area contributed by atoms with E-state index in [1.54, 1.807) is 11.3 Å². The number of anilines is 1. The van der Waals surface area contributed by atoms with Gasteiger partial charge in [0.05, 0.1) is 6.04 Å². The van der Waals surface area contributed by atoms with Gasteiger partial charge in [0.15, 0.2) is 0 Å². The van der Waals surface area contributed by atoms with Gasteiger partial charge in [-0.15, -0.1) is 24.8 Å². The summed E-state index contributed by atoms with van der Waals surface area (Å²) in [5, 5.41) is 7.35. The molecular weight excluding hydrogens is 389 g/mol. The van der Waals surface area contributed by atoms with Crippen LogP contribution in [0, 0.1) is 0 Å². The Morgan fingerprint density at radius 3 is 2.46 bits per heavy atom. The number of thiophene rings is 1. The third-order valence-electron chi connectivity index (χ3n) is 4.35. The molecule has 1 aromatic heterocycles. The van der Waals surface area contributed by atoms with Crippen LogP contribution in [0.2, 0.25) is 0 Å². The van der Waals surface area contributed by atoms with Gasteiger partial charge in [-0.2, -0.15) is 11.3 Å². The van der Waals surface area contributed by atoms with E-state index in [1.165, 1.54) is 5.56 Å². The fourth-order valence-electron chi connectivity index (χ4n) is 2.90. The Balaban J connectivity index is 0.00000312. The molecule has 2 rings (SSSR count). The molecule has 0 spiro atoms. The molecule has 3 N–H and O–H groups in total. The second kappa shape index (κ2) is 13.0. The summed E-state index contributed by atoms with van der Waals surface area (Å²) in [5.74, 6) is 0.0747. The Hall–Kier alpha value is -1.27. The maximum Gasteiger partial charge on any atom is 0.220 e. The topological polar surface area (TPSA) is 58.4 Å². The first-order chi connectivity index (χ1) is 11.7. The summed E-state index contributed by atoms with van der Waals surface area (Å²) in [6, 6.07) is 10.1. The Bertz CT molecular complexity index is 633. The van der Waals surface area contributed by atoms with Crippen LogP contribution in [0.4, 0.5) is 5.69 Å². The van der Waals surface area contributed by atoms with Gasteiger partial charge in [0, 0.05) is 18.7 Å².